The second-order valence-corrected chi connectivity index (χ2v) is 6.84. The van der Waals surface area contributed by atoms with Crippen molar-refractivity contribution in [3.05, 3.63) is 23.8 Å². The molecule has 2 aliphatic rings. The molecule has 1 aromatic heterocycles. The zero-order valence-corrected chi connectivity index (χ0v) is 12.9. The minimum atomic E-state index is -0.422. The van der Waals surface area contributed by atoms with Crippen LogP contribution in [0.15, 0.2) is 12.4 Å². The maximum atomic E-state index is 7.10. The van der Waals surface area contributed by atoms with E-state index in [-0.39, 0.29) is 16.7 Å². The summed E-state index contributed by atoms with van der Waals surface area (Å²) in [5.41, 5.74) is -0.185. The molecule has 0 radical (unpaired) electrons. The Kier molecular flexibility index (Phi) is 3.17. The number of hydrogen-bond donors (Lipinski definition) is 0. The average molecular weight is 289 g/mol. The fraction of sp³-hybridized carbons (Fsp3) is 0.714. The molecular weight excluding hydrogens is 269 g/mol. The van der Waals surface area contributed by atoms with Gasteiger partial charge in [-0.1, -0.05) is 0 Å². The topological polar surface area (TPSA) is 49.9 Å². The summed E-state index contributed by atoms with van der Waals surface area (Å²) < 4.78 is 19.1. The number of nitrogens with zero attached hydrogens (tertiary/aromatic N) is 3. The van der Waals surface area contributed by atoms with E-state index in [1.54, 1.807) is 6.20 Å². The van der Waals surface area contributed by atoms with Gasteiger partial charge in [0.15, 0.2) is 5.54 Å². The zero-order chi connectivity index (χ0) is 15.3. The predicted octanol–water partition coefficient (Wildman–Crippen LogP) is 0.827. The van der Waals surface area contributed by atoms with Crippen molar-refractivity contribution in [1.29, 1.82) is 0 Å². The molecule has 0 aliphatic carbocycles. The highest BCUT2D eigenvalue weighted by Crippen LogP contribution is 2.36. The molecule has 2 fully saturated rings. The fourth-order valence-electron chi connectivity index (χ4n) is 2.48. The SMILES string of the molecule is [C-]#[N+]CC1(n2cc(B3OC(C)(C)C(C)(C)O3)cn2)COC1. The molecule has 0 saturated carbocycles. The van der Waals surface area contributed by atoms with Gasteiger partial charge in [0.2, 0.25) is 6.54 Å². The predicted molar refractivity (Wildman–Crippen MR) is 78.2 cm³/mol. The van der Waals surface area contributed by atoms with Crippen molar-refractivity contribution in [2.75, 3.05) is 19.8 Å². The Bertz CT molecular complexity index is 571. The molecule has 3 heterocycles. The van der Waals surface area contributed by atoms with E-state index in [0.29, 0.717) is 19.8 Å². The van der Waals surface area contributed by atoms with Crippen LogP contribution in [-0.2, 0) is 19.6 Å². The van der Waals surface area contributed by atoms with E-state index in [9.17, 15) is 0 Å². The summed E-state index contributed by atoms with van der Waals surface area (Å²) >= 11 is 0. The van der Waals surface area contributed by atoms with Crippen LogP contribution in [0, 0.1) is 6.57 Å². The normalized spacial score (nSPS) is 25.4. The standard InChI is InChI=1S/C14H20BN3O3/c1-12(2)13(3,4)21-15(20-12)11-6-17-18(7-11)14(8-16-5)9-19-10-14/h6-7H,8-10H2,1-4H3. The smallest absolute Gasteiger partial charge is 0.399 e. The summed E-state index contributed by atoms with van der Waals surface area (Å²) in [4.78, 5) is 3.51. The number of hydrogen-bond acceptors (Lipinski definition) is 4. The Labute approximate surface area is 125 Å². The molecule has 0 bridgehead atoms. The Morgan fingerprint density at radius 3 is 2.38 bits per heavy atom. The lowest BCUT2D eigenvalue weighted by molar-refractivity contribution is -0.0971. The Hall–Kier alpha value is -1.36. The van der Waals surface area contributed by atoms with Gasteiger partial charge < -0.3 is 18.9 Å². The van der Waals surface area contributed by atoms with Crippen LogP contribution in [0.5, 0.6) is 0 Å². The third-order valence-electron chi connectivity index (χ3n) is 4.73. The van der Waals surface area contributed by atoms with E-state index in [0.717, 1.165) is 5.46 Å². The lowest BCUT2D eigenvalue weighted by Crippen LogP contribution is -2.54. The molecule has 0 unspecified atom stereocenters. The van der Waals surface area contributed by atoms with E-state index >= 15 is 0 Å². The number of ether oxygens (including phenoxy) is 1. The van der Waals surface area contributed by atoms with Crippen molar-refractivity contribution in [3.63, 3.8) is 0 Å². The fourth-order valence-corrected chi connectivity index (χ4v) is 2.48. The van der Waals surface area contributed by atoms with Crippen molar-refractivity contribution in [2.24, 2.45) is 0 Å². The molecule has 6 nitrogen and oxygen atoms in total. The van der Waals surface area contributed by atoms with E-state index in [2.05, 4.69) is 9.94 Å². The van der Waals surface area contributed by atoms with E-state index in [1.165, 1.54) is 0 Å². The van der Waals surface area contributed by atoms with Crippen molar-refractivity contribution in [2.45, 2.75) is 44.4 Å². The number of rotatable bonds is 3. The van der Waals surface area contributed by atoms with Gasteiger partial charge in [-0.15, -0.1) is 0 Å². The molecule has 0 spiro atoms. The monoisotopic (exact) mass is 289 g/mol. The minimum Gasteiger partial charge on any atom is -0.399 e. The largest absolute Gasteiger partial charge is 0.498 e. The van der Waals surface area contributed by atoms with Gasteiger partial charge in [-0.05, 0) is 27.7 Å². The second kappa shape index (κ2) is 4.57. The van der Waals surface area contributed by atoms with Gasteiger partial charge >= 0.3 is 7.12 Å². The van der Waals surface area contributed by atoms with E-state index in [4.69, 9.17) is 20.6 Å². The molecule has 0 N–H and O–H groups in total. The van der Waals surface area contributed by atoms with Crippen LogP contribution in [0.2, 0.25) is 0 Å². The first-order chi connectivity index (χ1) is 9.80. The molecular formula is C14H20BN3O3. The summed E-state index contributed by atoms with van der Waals surface area (Å²) in [5, 5.41) is 4.40. The van der Waals surface area contributed by atoms with Gasteiger partial charge in [0.1, 0.15) is 0 Å². The lowest BCUT2D eigenvalue weighted by atomic mass is 9.81. The van der Waals surface area contributed by atoms with Crippen LogP contribution < -0.4 is 5.46 Å². The third kappa shape index (κ3) is 2.18. The van der Waals surface area contributed by atoms with Gasteiger partial charge in [0.25, 0.3) is 0 Å². The highest BCUT2D eigenvalue weighted by Gasteiger charge is 2.53. The van der Waals surface area contributed by atoms with Crippen LogP contribution in [-0.4, -0.2) is 47.9 Å². The van der Waals surface area contributed by atoms with E-state index < -0.39 is 7.12 Å². The summed E-state index contributed by atoms with van der Waals surface area (Å²) in [6.07, 6.45) is 3.67. The zero-order valence-electron chi connectivity index (χ0n) is 12.9. The molecule has 2 saturated heterocycles. The lowest BCUT2D eigenvalue weighted by Gasteiger charge is -2.37. The van der Waals surface area contributed by atoms with Crippen molar-refractivity contribution < 1.29 is 14.0 Å². The minimum absolute atomic E-state index is 0.330. The summed E-state index contributed by atoms with van der Waals surface area (Å²) in [6.45, 7) is 16.6. The first-order valence-electron chi connectivity index (χ1n) is 7.11. The number of aromatic nitrogens is 2. The van der Waals surface area contributed by atoms with Crippen LogP contribution in [0.4, 0.5) is 0 Å². The van der Waals surface area contributed by atoms with Gasteiger partial charge in [-0.2, -0.15) is 5.10 Å². The van der Waals surface area contributed by atoms with Crippen molar-refractivity contribution in [1.82, 2.24) is 9.78 Å². The molecule has 1 aromatic rings. The quantitative estimate of drug-likeness (QED) is 0.611. The first kappa shape index (κ1) is 14.6. The summed E-state index contributed by atoms with van der Waals surface area (Å²) in [6, 6.07) is 0. The molecule has 21 heavy (non-hydrogen) atoms. The van der Waals surface area contributed by atoms with Gasteiger partial charge in [0, 0.05) is 17.9 Å². The molecule has 0 amide bonds. The maximum absolute atomic E-state index is 7.10. The maximum Gasteiger partial charge on any atom is 0.498 e. The van der Waals surface area contributed by atoms with Crippen LogP contribution in [0.1, 0.15) is 27.7 Å². The summed E-state index contributed by atoms with van der Waals surface area (Å²) in [5.74, 6) is 0. The Morgan fingerprint density at radius 2 is 1.90 bits per heavy atom. The Morgan fingerprint density at radius 1 is 1.29 bits per heavy atom. The Balaban J connectivity index is 1.82. The second-order valence-electron chi connectivity index (χ2n) is 6.84. The first-order valence-corrected chi connectivity index (χ1v) is 7.11. The third-order valence-corrected chi connectivity index (χ3v) is 4.73. The molecule has 2 aliphatic heterocycles. The van der Waals surface area contributed by atoms with Gasteiger partial charge in [-0.3, -0.25) is 4.68 Å². The van der Waals surface area contributed by atoms with Crippen molar-refractivity contribution in [3.8, 4) is 0 Å². The van der Waals surface area contributed by atoms with Gasteiger partial charge in [-0.25, -0.2) is 6.57 Å². The molecule has 7 heteroatoms. The van der Waals surface area contributed by atoms with Gasteiger partial charge in [0.05, 0.1) is 24.4 Å². The molecule has 0 aromatic carbocycles. The average Bonchev–Trinajstić information content (AvgIpc) is 2.88. The highest BCUT2D eigenvalue weighted by molar-refractivity contribution is 6.62. The van der Waals surface area contributed by atoms with E-state index in [1.807, 2.05) is 38.6 Å². The van der Waals surface area contributed by atoms with Crippen LogP contribution >= 0.6 is 0 Å². The van der Waals surface area contributed by atoms with Crippen molar-refractivity contribution >= 4 is 12.6 Å². The molecule has 112 valence electrons. The van der Waals surface area contributed by atoms with Crippen LogP contribution in [0.25, 0.3) is 4.85 Å². The molecule has 0 atom stereocenters. The highest BCUT2D eigenvalue weighted by atomic mass is 16.7. The summed E-state index contributed by atoms with van der Waals surface area (Å²) in [7, 11) is -0.422. The molecule has 3 rings (SSSR count). The van der Waals surface area contributed by atoms with Crippen LogP contribution in [0.3, 0.4) is 0 Å².